The van der Waals surface area contributed by atoms with Crippen LogP contribution in [0.5, 0.6) is 5.75 Å². The first kappa shape index (κ1) is 32.6. The number of carbonyl (C=O) groups is 3. The van der Waals surface area contributed by atoms with Crippen LogP contribution in [0.4, 0.5) is 5.13 Å². The number of rotatable bonds is 13. The van der Waals surface area contributed by atoms with Gasteiger partial charge in [0.1, 0.15) is 29.9 Å². The number of carbonyl (C=O) groups excluding carboxylic acids is 2. The summed E-state index contributed by atoms with van der Waals surface area (Å²) in [6.45, 7) is 4.18. The number of nitrogen functional groups attached to an aromatic ring is 1. The summed E-state index contributed by atoms with van der Waals surface area (Å²) in [4.78, 5) is 51.8. The van der Waals surface area contributed by atoms with Gasteiger partial charge in [-0.25, -0.2) is 14.1 Å². The third-order valence-electron chi connectivity index (χ3n) is 6.80. The van der Waals surface area contributed by atoms with Crippen LogP contribution in [0.3, 0.4) is 0 Å². The van der Waals surface area contributed by atoms with Crippen molar-refractivity contribution in [2.75, 3.05) is 25.4 Å². The number of β-lactam (4-membered cyclic amide) rings is 1. The number of nitrogens with two attached hydrogens (primary N) is 2. The Morgan fingerprint density at radius 3 is 2.59 bits per heavy atom. The molecule has 0 aliphatic carbocycles. The lowest BCUT2D eigenvalue weighted by Crippen LogP contribution is -2.71. The summed E-state index contributed by atoms with van der Waals surface area (Å²) in [5, 5.41) is 19.1. The number of aryl methyl sites for hydroxylation is 1. The number of oxime groups is 1. The van der Waals surface area contributed by atoms with E-state index in [9.17, 15) is 32.5 Å². The van der Waals surface area contributed by atoms with Crippen LogP contribution >= 0.6 is 11.3 Å². The lowest BCUT2D eigenvalue weighted by Gasteiger charge is -2.42. The van der Waals surface area contributed by atoms with Gasteiger partial charge in [0.15, 0.2) is 10.8 Å². The summed E-state index contributed by atoms with van der Waals surface area (Å²) in [5.74, 6) is -2.86. The standard InChI is InChI=1S/C25H32N8O9S2/c1-3-17-19(31-25(27)43-17)20(22(34)30-18-12(2)33(23(18)35)44(38,39)40)32-42-16(24(36)37)11-41-15-6-4-13(5-7-15)21(26)29-14-8-9-28-10-14/h4-7,12,14,16,18,28H,3,8-11H2,1-2H3,(H2,26,29)(H2,27,31)(H,30,34)(H,36,37)(H,38,39,40)/t12-,14?,16?,18-/m0/s1. The predicted molar refractivity (Wildman–Crippen MR) is 159 cm³/mol. The molecule has 17 nitrogen and oxygen atoms in total. The number of carboxylic acid groups (broad SMARTS) is 1. The van der Waals surface area contributed by atoms with E-state index < -0.39 is 58.6 Å². The fourth-order valence-electron chi connectivity index (χ4n) is 4.48. The molecule has 2 unspecified atom stereocenters. The van der Waals surface area contributed by atoms with Crippen molar-refractivity contribution >= 4 is 56.1 Å². The Kier molecular flexibility index (Phi) is 10.0. The molecule has 0 spiro atoms. The maximum Gasteiger partial charge on any atom is 0.362 e. The Labute approximate surface area is 256 Å². The minimum absolute atomic E-state index is 0.00755. The van der Waals surface area contributed by atoms with Crippen LogP contribution in [-0.2, 0) is 35.9 Å². The Balaban J connectivity index is 1.48. The molecule has 238 valence electrons. The molecular weight excluding hydrogens is 620 g/mol. The summed E-state index contributed by atoms with van der Waals surface area (Å²) in [7, 11) is -4.83. The van der Waals surface area contributed by atoms with E-state index in [2.05, 4.69) is 25.8 Å². The van der Waals surface area contributed by atoms with Gasteiger partial charge in [0.2, 0.25) is 0 Å². The molecule has 0 saturated carbocycles. The molecule has 2 aliphatic heterocycles. The van der Waals surface area contributed by atoms with Gasteiger partial charge in [0, 0.05) is 17.0 Å². The summed E-state index contributed by atoms with van der Waals surface area (Å²) in [6, 6.07) is 4.20. The average Bonchev–Trinajstić information content (AvgIpc) is 3.61. The summed E-state index contributed by atoms with van der Waals surface area (Å²) < 4.78 is 37.9. The van der Waals surface area contributed by atoms with Gasteiger partial charge < -0.3 is 36.8 Å². The smallest absolute Gasteiger partial charge is 0.362 e. The SMILES string of the molecule is CCc1sc(N)nc1C(=NOC(COc1ccc(C(N)=NC2CCNC2)cc1)C(=O)O)C(=O)N[C@@H]1C(=O)N(S(=O)(=O)O)[C@H]1C. The molecule has 2 fully saturated rings. The highest BCUT2D eigenvalue weighted by Crippen LogP contribution is 2.25. The van der Waals surface area contributed by atoms with E-state index in [1.54, 1.807) is 31.2 Å². The van der Waals surface area contributed by atoms with Gasteiger partial charge in [0.25, 0.3) is 17.9 Å². The number of benzene rings is 1. The first-order valence-electron chi connectivity index (χ1n) is 13.4. The van der Waals surface area contributed by atoms with Gasteiger partial charge in [0.05, 0.1) is 12.1 Å². The van der Waals surface area contributed by atoms with Gasteiger partial charge in [-0.3, -0.25) is 19.1 Å². The lowest BCUT2D eigenvalue weighted by molar-refractivity contribution is -0.152. The van der Waals surface area contributed by atoms with E-state index >= 15 is 0 Å². The molecule has 1 aromatic carbocycles. The van der Waals surface area contributed by atoms with E-state index in [0.29, 0.717) is 28.4 Å². The second-order valence-electron chi connectivity index (χ2n) is 9.85. The van der Waals surface area contributed by atoms with Crippen LogP contribution in [0.25, 0.3) is 0 Å². The minimum Gasteiger partial charge on any atom is -0.489 e. The number of nitrogens with one attached hydrogen (secondary N) is 2. The number of ether oxygens (including phenoxy) is 1. The van der Waals surface area contributed by atoms with E-state index in [-0.39, 0.29) is 21.2 Å². The fourth-order valence-corrected chi connectivity index (χ4v) is 6.13. The number of aromatic nitrogens is 1. The molecule has 4 rings (SSSR count). The second-order valence-corrected chi connectivity index (χ2v) is 12.3. The van der Waals surface area contributed by atoms with Crippen molar-refractivity contribution in [1.82, 2.24) is 19.9 Å². The average molecular weight is 653 g/mol. The lowest BCUT2D eigenvalue weighted by atomic mass is 10.0. The Morgan fingerprint density at radius 1 is 1.32 bits per heavy atom. The van der Waals surface area contributed by atoms with Crippen molar-refractivity contribution in [2.24, 2.45) is 15.9 Å². The Hall–Kier alpha value is -4.33. The molecule has 2 aromatic rings. The van der Waals surface area contributed by atoms with Crippen molar-refractivity contribution in [1.29, 1.82) is 0 Å². The first-order chi connectivity index (χ1) is 20.8. The second kappa shape index (κ2) is 13.5. The number of carboxylic acids is 1. The zero-order valence-electron chi connectivity index (χ0n) is 23.7. The molecule has 2 aliphatic rings. The fraction of sp³-hybridized carbons (Fsp3) is 0.440. The number of aliphatic imine (C=N–C) groups is 1. The molecule has 4 atom stereocenters. The van der Waals surface area contributed by atoms with Crippen LogP contribution in [-0.4, -0.2) is 101 Å². The van der Waals surface area contributed by atoms with Crippen LogP contribution < -0.4 is 26.8 Å². The molecule has 19 heteroatoms. The van der Waals surface area contributed by atoms with Crippen molar-refractivity contribution in [3.05, 3.63) is 40.4 Å². The summed E-state index contributed by atoms with van der Waals surface area (Å²) in [6.07, 6.45) is -0.413. The van der Waals surface area contributed by atoms with Crippen molar-refractivity contribution in [3.8, 4) is 5.75 Å². The summed E-state index contributed by atoms with van der Waals surface area (Å²) >= 11 is 1.06. The van der Waals surface area contributed by atoms with Crippen LogP contribution in [0.1, 0.15) is 36.4 Å². The molecule has 8 N–H and O–H groups in total. The molecule has 3 heterocycles. The maximum atomic E-state index is 13.2. The number of amidine groups is 1. The van der Waals surface area contributed by atoms with Gasteiger partial charge in [-0.1, -0.05) is 12.1 Å². The molecule has 44 heavy (non-hydrogen) atoms. The zero-order valence-corrected chi connectivity index (χ0v) is 25.3. The van der Waals surface area contributed by atoms with Gasteiger partial charge in [-0.05, 0) is 50.6 Å². The van der Waals surface area contributed by atoms with E-state index in [0.717, 1.165) is 30.8 Å². The predicted octanol–water partition coefficient (Wildman–Crippen LogP) is -0.874. The van der Waals surface area contributed by atoms with Crippen molar-refractivity contribution < 1.29 is 42.0 Å². The number of hydrogen-bond donors (Lipinski definition) is 6. The van der Waals surface area contributed by atoms with Gasteiger partial charge in [-0.2, -0.15) is 8.42 Å². The first-order valence-corrected chi connectivity index (χ1v) is 15.6. The van der Waals surface area contributed by atoms with Crippen LogP contribution in [0.15, 0.2) is 34.4 Å². The zero-order chi connectivity index (χ0) is 32.2. The third kappa shape index (κ3) is 7.41. The van der Waals surface area contributed by atoms with E-state index in [4.69, 9.17) is 21.0 Å². The Bertz CT molecular complexity index is 1570. The molecule has 2 amide bonds. The number of amides is 2. The molecule has 2 saturated heterocycles. The highest BCUT2D eigenvalue weighted by Gasteiger charge is 2.51. The number of aliphatic carboxylic acids is 1. The largest absolute Gasteiger partial charge is 0.489 e. The van der Waals surface area contributed by atoms with Crippen molar-refractivity contribution in [2.45, 2.75) is 50.9 Å². The number of hydrogen-bond acceptors (Lipinski definition) is 13. The number of anilines is 1. The summed E-state index contributed by atoms with van der Waals surface area (Å²) in [5.41, 5.74) is 12.1. The highest BCUT2D eigenvalue weighted by molar-refractivity contribution is 7.84. The molecule has 1 aromatic heterocycles. The van der Waals surface area contributed by atoms with Crippen LogP contribution in [0.2, 0.25) is 0 Å². The monoisotopic (exact) mass is 652 g/mol. The Morgan fingerprint density at radius 2 is 2.02 bits per heavy atom. The maximum absolute atomic E-state index is 13.2. The third-order valence-corrected chi connectivity index (χ3v) is 8.84. The highest BCUT2D eigenvalue weighted by atomic mass is 32.2. The number of nitrogens with zero attached hydrogens (tertiary/aromatic N) is 4. The molecular formula is C25H32N8O9S2. The van der Waals surface area contributed by atoms with Crippen molar-refractivity contribution in [3.63, 3.8) is 0 Å². The normalized spacial score (nSPS) is 21.5. The van der Waals surface area contributed by atoms with Gasteiger partial charge in [-0.15, -0.1) is 11.3 Å². The molecule has 0 bridgehead atoms. The minimum atomic E-state index is -4.83. The van der Waals surface area contributed by atoms with E-state index in [1.165, 1.54) is 6.92 Å². The number of thiazole rings is 1. The molecule has 0 radical (unpaired) electrons. The quantitative estimate of drug-likeness (QED) is 0.0506. The van der Waals surface area contributed by atoms with Gasteiger partial charge >= 0.3 is 16.3 Å². The van der Waals surface area contributed by atoms with Crippen LogP contribution in [0, 0.1) is 0 Å². The van der Waals surface area contributed by atoms with E-state index in [1.807, 2.05) is 0 Å². The topological polar surface area (TPSA) is 261 Å².